The Hall–Kier alpha value is -16.4. The zero-order valence-corrected chi connectivity index (χ0v) is 80.3. The summed E-state index contributed by atoms with van der Waals surface area (Å²) in [6.45, 7) is 0. The van der Waals surface area contributed by atoms with Crippen molar-refractivity contribution in [3.05, 3.63) is 419 Å². The van der Waals surface area contributed by atoms with E-state index in [0.29, 0.717) is 0 Å². The van der Waals surface area contributed by atoms with Gasteiger partial charge in [-0.25, -0.2) is 0 Å². The number of hydrogen-bond donors (Lipinski definition) is 0. The molecule has 0 unspecified atom stereocenters. The van der Waals surface area contributed by atoms with Gasteiger partial charge in [-0.2, -0.15) is 0 Å². The Morgan fingerprint density at radius 2 is 0.369 bits per heavy atom. The Kier molecular flexibility index (Phi) is 17.5. The van der Waals surface area contributed by atoms with E-state index in [0.717, 1.165) is 161 Å². The quantitative estimate of drug-likeness (QED) is 0.142. The molecule has 0 N–H and O–H groups in total. The van der Waals surface area contributed by atoms with Crippen molar-refractivity contribution in [2.24, 2.45) is 0 Å². The van der Waals surface area contributed by atoms with Crippen LogP contribution in [0.15, 0.2) is 441 Å². The van der Waals surface area contributed by atoms with E-state index in [-0.39, 0.29) is 0 Å². The lowest BCUT2D eigenvalue weighted by atomic mass is 10.0. The minimum atomic E-state index is 0.852. The number of benzene rings is 21. The number of thiophene rings is 7. The van der Waals surface area contributed by atoms with E-state index in [2.05, 4.69) is 397 Å². The molecule has 21 aromatic carbocycles. The van der Waals surface area contributed by atoms with Crippen LogP contribution in [-0.2, 0) is 0 Å². The van der Waals surface area contributed by atoms with Crippen LogP contribution in [0.2, 0.25) is 0 Å². The van der Waals surface area contributed by atoms with Crippen molar-refractivity contribution in [2.75, 3.05) is 14.7 Å². The molecule has 0 atom stereocenters. The molecule has 0 bridgehead atoms. The van der Waals surface area contributed by atoms with E-state index >= 15 is 0 Å². The summed E-state index contributed by atoms with van der Waals surface area (Å²) in [6.07, 6.45) is 0. The Labute approximate surface area is 829 Å². The number of hydrogen-bond acceptors (Lipinski definition) is 15. The molecule has 660 valence electrons. The van der Waals surface area contributed by atoms with Gasteiger partial charge in [-0.1, -0.05) is 249 Å². The first-order valence-corrected chi connectivity index (χ1v) is 52.7. The molecule has 33 aromatic rings. The smallest absolute Gasteiger partial charge is 0.159 e. The molecule has 0 saturated carbocycles. The zero-order chi connectivity index (χ0) is 91.9. The molecule has 0 aliphatic carbocycles. The first-order valence-electron chi connectivity index (χ1n) is 47.0. The maximum atomic E-state index is 6.74. The van der Waals surface area contributed by atoms with Crippen LogP contribution in [0.25, 0.3) is 251 Å². The van der Waals surface area contributed by atoms with Gasteiger partial charge in [-0.15, -0.1) is 79.4 Å². The van der Waals surface area contributed by atoms with Crippen LogP contribution in [0.1, 0.15) is 0 Å². The van der Waals surface area contributed by atoms with Gasteiger partial charge in [0.15, 0.2) is 16.7 Å². The molecule has 8 nitrogen and oxygen atoms in total. The number of para-hydroxylation sites is 8. The third-order valence-corrected chi connectivity index (χ3v) is 36.6. The number of rotatable bonds is 9. The Morgan fingerprint density at radius 3 is 0.730 bits per heavy atom. The highest BCUT2D eigenvalue weighted by molar-refractivity contribution is 7.31. The standard InChI is InChI=1S/2C42H23NO2S2.C42H23NOS3/c1-4-18-33-24(10-1)27-13-7-16-31(40(27)44-33)43(32-17-8-14-28-25-11-2-5-19-34(25)45-41(28)32)30-15-9-21-36-38(30)39-37(46-36)23-22-29-26-12-3-6-20-35(26)47-42(29)39;1-4-12-33-26(8-1)28-18-16-24(22-35(28)44-33)43(25-17-19-29-27-9-2-5-13-34(27)45-36(29)23-25)32-11-7-15-38-40(32)41-39(46-38)21-20-31-30-10-3-6-14-37(30)47-42(31)41;1-4-18-33-24(10-1)27-13-7-16-31(40(27)44-33)43(32-17-8-14-28-25-11-2-5-19-34(25)46-41(28)32)30-15-9-21-36-38(30)39-37(45-36)23-22-29-26-12-3-6-20-35(26)47-42(29)39/h3*1-23H. The summed E-state index contributed by atoms with van der Waals surface area (Å²) in [6, 6.07) is 150. The largest absolute Gasteiger partial charge is 0.456 e. The molecule has 0 amide bonds. The van der Waals surface area contributed by atoms with Gasteiger partial charge in [0.25, 0.3) is 0 Å². The van der Waals surface area contributed by atoms with E-state index in [1.54, 1.807) is 0 Å². The summed E-state index contributed by atoms with van der Waals surface area (Å²) in [4.78, 5) is 7.22. The van der Waals surface area contributed by atoms with Crippen LogP contribution >= 0.6 is 79.4 Å². The second-order valence-electron chi connectivity index (χ2n) is 36.1. The SMILES string of the molecule is c1ccc2c(c1)oc1c(N(c3cccc4c3oc3ccccc34)c3cccc4sc5ccc6c7ccccc7sc6c5c34)cccc12.c1ccc2c(c1)oc1c(N(c3cccc4c3sc3ccccc34)c3cccc4sc5ccc6c7ccccc7sc6c5c34)cccc12.c1ccc2c(c1)oc1cc(N(c3ccc4c(c3)oc3ccccc34)c3cccc4sc5ccc6c7ccccc7sc6c5c34)ccc12. The van der Waals surface area contributed by atoms with Crippen molar-refractivity contribution < 1.29 is 22.1 Å². The summed E-state index contributed by atoms with van der Waals surface area (Å²) in [7, 11) is 0. The minimum Gasteiger partial charge on any atom is -0.456 e. The molecule has 0 spiro atoms. The van der Waals surface area contributed by atoms with Gasteiger partial charge < -0.3 is 36.8 Å². The van der Waals surface area contributed by atoms with Crippen LogP contribution in [0.4, 0.5) is 51.2 Å². The summed E-state index contributed by atoms with van der Waals surface area (Å²) >= 11 is 13.1. The average Bonchev–Trinajstić information content (AvgIpc) is 1.56. The Morgan fingerprint density at radius 1 is 0.135 bits per heavy atom. The van der Waals surface area contributed by atoms with Crippen LogP contribution in [0.5, 0.6) is 0 Å². The molecular formula is C126H69N3O5S7. The van der Waals surface area contributed by atoms with Gasteiger partial charge in [0.2, 0.25) is 0 Å². The van der Waals surface area contributed by atoms with Gasteiger partial charge in [0.1, 0.15) is 39.1 Å². The first kappa shape index (κ1) is 79.6. The average molecular weight is 1930 g/mol. The molecule has 141 heavy (non-hydrogen) atoms. The van der Waals surface area contributed by atoms with Crippen LogP contribution in [-0.4, -0.2) is 0 Å². The molecule has 15 heteroatoms. The summed E-state index contributed by atoms with van der Waals surface area (Å²) in [5.41, 5.74) is 18.4. The third-order valence-electron chi connectivity index (χ3n) is 28.4. The van der Waals surface area contributed by atoms with Gasteiger partial charge >= 0.3 is 0 Å². The summed E-state index contributed by atoms with van der Waals surface area (Å²) in [5.74, 6) is 0. The van der Waals surface area contributed by atoms with Crippen molar-refractivity contribution in [1.82, 2.24) is 0 Å². The van der Waals surface area contributed by atoms with Gasteiger partial charge in [0.05, 0.1) is 44.5 Å². The third kappa shape index (κ3) is 12.0. The second-order valence-corrected chi connectivity index (χ2v) is 43.5. The fraction of sp³-hybridized carbons (Fsp3) is 0. The maximum Gasteiger partial charge on any atom is 0.159 e. The normalized spacial score (nSPS) is 12.3. The minimum absolute atomic E-state index is 0.852. The summed E-state index contributed by atoms with van der Waals surface area (Å²) in [5, 5.41) is 29.4. The van der Waals surface area contributed by atoms with Crippen molar-refractivity contribution in [3.63, 3.8) is 0 Å². The molecule has 33 rings (SSSR count). The molecule has 12 aromatic heterocycles. The molecular weight excluding hydrogens is 1860 g/mol. The molecule has 0 saturated heterocycles. The lowest BCUT2D eigenvalue weighted by molar-refractivity contribution is 0.666. The fourth-order valence-electron chi connectivity index (χ4n) is 22.3. The van der Waals surface area contributed by atoms with Crippen LogP contribution in [0.3, 0.4) is 0 Å². The first-order chi connectivity index (χ1) is 69.9. The fourth-order valence-corrected chi connectivity index (χ4v) is 30.9. The Bertz CT molecular complexity index is 10400. The number of anilines is 9. The van der Waals surface area contributed by atoms with Gasteiger partial charge in [-0.3, -0.25) is 0 Å². The predicted octanol–water partition coefficient (Wildman–Crippen LogP) is 41.5. The molecule has 0 radical (unpaired) electrons. The van der Waals surface area contributed by atoms with Crippen molar-refractivity contribution in [1.29, 1.82) is 0 Å². The van der Waals surface area contributed by atoms with E-state index in [4.69, 9.17) is 22.1 Å². The van der Waals surface area contributed by atoms with Gasteiger partial charge in [-0.05, 0) is 158 Å². The number of furan rings is 5. The van der Waals surface area contributed by atoms with Crippen molar-refractivity contribution >= 4 is 381 Å². The summed E-state index contributed by atoms with van der Waals surface area (Å²) < 4.78 is 51.2. The maximum absolute atomic E-state index is 6.74. The lowest BCUT2D eigenvalue weighted by Gasteiger charge is -2.27. The Balaban J connectivity index is 0.0000000972. The number of fused-ring (bicyclic) bond motifs is 39. The lowest BCUT2D eigenvalue weighted by Crippen LogP contribution is -2.11. The van der Waals surface area contributed by atoms with Crippen molar-refractivity contribution in [3.8, 4) is 0 Å². The molecule has 0 aliphatic rings. The highest BCUT2D eigenvalue weighted by Gasteiger charge is 2.32. The topological polar surface area (TPSA) is 75.4 Å². The highest BCUT2D eigenvalue weighted by atomic mass is 32.1. The van der Waals surface area contributed by atoms with E-state index in [1.807, 2.05) is 116 Å². The van der Waals surface area contributed by atoms with E-state index < -0.39 is 0 Å². The molecule has 0 fully saturated rings. The predicted molar refractivity (Wildman–Crippen MR) is 610 cm³/mol. The van der Waals surface area contributed by atoms with E-state index in [1.165, 1.54) is 141 Å². The molecule has 0 aliphatic heterocycles. The van der Waals surface area contributed by atoms with Crippen molar-refractivity contribution in [2.45, 2.75) is 0 Å². The van der Waals surface area contributed by atoms with E-state index in [9.17, 15) is 0 Å². The zero-order valence-electron chi connectivity index (χ0n) is 74.6. The van der Waals surface area contributed by atoms with Gasteiger partial charge in [0, 0.05) is 214 Å². The van der Waals surface area contributed by atoms with Crippen LogP contribution < -0.4 is 14.7 Å². The number of nitrogens with zero attached hydrogens (tertiary/aromatic N) is 3. The highest BCUT2D eigenvalue weighted by Crippen LogP contribution is 2.58. The van der Waals surface area contributed by atoms with Crippen LogP contribution in [0, 0.1) is 0 Å². The molecule has 12 heterocycles. The monoisotopic (exact) mass is 1930 g/mol. The second kappa shape index (κ2) is 31.0.